The van der Waals surface area contributed by atoms with E-state index in [4.69, 9.17) is 9.47 Å². The molecule has 2 aromatic heterocycles. The Hall–Kier alpha value is -4.95. The van der Waals surface area contributed by atoms with Crippen molar-refractivity contribution in [1.82, 2.24) is 19.8 Å². The number of amides is 2. The SMILES string of the molecule is CN(c1nc(OC[C@@]23CCCN2C[C@H](F)C3)nc2c(F)c(-c3ccc(F)c4sc(NC(=O)OC(C)(C)C)c(C#N)c34)c(F)cc12)C1CCN(C(=O)O)C1. The molecular formula is C36H37F4N7O5S. The Bertz CT molecular complexity index is 2190. The molecule has 0 aliphatic carbocycles. The van der Waals surface area contributed by atoms with Crippen molar-refractivity contribution in [3.8, 4) is 23.2 Å². The standard InChI is InChI=1S/C36H37F4N7O5S/c1-35(2,3)52-33(48)44-31-22(14-41)25-20(6-7-23(38)29(25)53-31)26-24(39)12-21-28(27(26)40)42-32(51-17-36-9-5-10-47(36)15-18(37)13-36)43-30(21)45(4)19-8-11-46(16-19)34(49)50/h6-7,12,18-19H,5,8-11,13,15-17H2,1-4H3,(H,44,48)(H,49,50)/t18-,19?,36+/m1/s1. The Balaban J connectivity index is 1.36. The summed E-state index contributed by atoms with van der Waals surface area (Å²) in [6.45, 7) is 6.32. The number of carboxylic acid groups (broad SMARTS) is 1. The van der Waals surface area contributed by atoms with Crippen LogP contribution in [-0.2, 0) is 4.74 Å². The molecule has 2 aromatic carbocycles. The summed E-state index contributed by atoms with van der Waals surface area (Å²) in [4.78, 5) is 38.2. The number of aromatic nitrogens is 2. The number of nitriles is 1. The molecule has 5 heterocycles. The topological polar surface area (TPSA) is 144 Å². The Morgan fingerprint density at radius 2 is 1.96 bits per heavy atom. The number of hydrogen-bond acceptors (Lipinski definition) is 10. The molecule has 2 N–H and O–H groups in total. The molecule has 0 spiro atoms. The molecular weight excluding hydrogens is 718 g/mol. The van der Waals surface area contributed by atoms with E-state index in [0.717, 1.165) is 36.0 Å². The van der Waals surface area contributed by atoms with Gasteiger partial charge in [-0.3, -0.25) is 10.2 Å². The van der Waals surface area contributed by atoms with Crippen LogP contribution in [0.5, 0.6) is 6.01 Å². The number of rotatable bonds is 7. The van der Waals surface area contributed by atoms with Crippen LogP contribution in [0.1, 0.15) is 52.0 Å². The normalized spacial score (nSPS) is 21.6. The second kappa shape index (κ2) is 13.5. The molecule has 3 fully saturated rings. The maximum Gasteiger partial charge on any atom is 0.412 e. The van der Waals surface area contributed by atoms with Crippen molar-refractivity contribution >= 4 is 55.3 Å². The van der Waals surface area contributed by atoms with E-state index in [1.165, 1.54) is 4.90 Å². The average Bonchev–Trinajstić information content (AvgIpc) is 3.86. The van der Waals surface area contributed by atoms with Crippen molar-refractivity contribution in [2.24, 2.45) is 0 Å². The fourth-order valence-corrected chi connectivity index (χ4v) is 8.83. The maximum absolute atomic E-state index is 17.0. The summed E-state index contributed by atoms with van der Waals surface area (Å²) in [5, 5.41) is 22.0. The minimum absolute atomic E-state index is 0.0282. The Morgan fingerprint density at radius 1 is 1.19 bits per heavy atom. The minimum atomic E-state index is -1.14. The predicted octanol–water partition coefficient (Wildman–Crippen LogP) is 7.29. The van der Waals surface area contributed by atoms with E-state index in [1.807, 2.05) is 11.0 Å². The monoisotopic (exact) mass is 755 g/mol. The van der Waals surface area contributed by atoms with Crippen molar-refractivity contribution in [2.45, 2.75) is 69.8 Å². The molecule has 3 saturated heterocycles. The highest BCUT2D eigenvalue weighted by atomic mass is 32.1. The van der Waals surface area contributed by atoms with Crippen molar-refractivity contribution in [3.05, 3.63) is 41.2 Å². The highest BCUT2D eigenvalue weighted by molar-refractivity contribution is 7.23. The fourth-order valence-electron chi connectivity index (χ4n) is 7.76. The molecule has 3 atom stereocenters. The van der Waals surface area contributed by atoms with Gasteiger partial charge in [0.2, 0.25) is 0 Å². The Labute approximate surface area is 305 Å². The number of nitrogens with one attached hydrogen (secondary N) is 1. The third-order valence-corrected chi connectivity index (χ3v) is 11.3. The zero-order valence-electron chi connectivity index (χ0n) is 29.4. The Morgan fingerprint density at radius 3 is 2.66 bits per heavy atom. The van der Waals surface area contributed by atoms with Gasteiger partial charge in [-0.2, -0.15) is 15.2 Å². The summed E-state index contributed by atoms with van der Waals surface area (Å²) in [7, 11) is 1.64. The van der Waals surface area contributed by atoms with E-state index in [1.54, 1.807) is 32.7 Å². The van der Waals surface area contributed by atoms with Crippen LogP contribution in [0.3, 0.4) is 0 Å². The lowest BCUT2D eigenvalue weighted by molar-refractivity contribution is 0.0636. The number of likely N-dealkylation sites (N-methyl/N-ethyl adjacent to an activating group) is 1. The lowest BCUT2D eigenvalue weighted by Gasteiger charge is -2.31. The van der Waals surface area contributed by atoms with Gasteiger partial charge in [-0.15, -0.1) is 11.3 Å². The third-order valence-electron chi connectivity index (χ3n) is 10.2. The van der Waals surface area contributed by atoms with Gasteiger partial charge in [0.05, 0.1) is 21.4 Å². The van der Waals surface area contributed by atoms with Crippen LogP contribution in [0.2, 0.25) is 0 Å². The van der Waals surface area contributed by atoms with Gasteiger partial charge in [-0.25, -0.2) is 27.2 Å². The van der Waals surface area contributed by atoms with Crippen LogP contribution in [0, 0.1) is 28.8 Å². The zero-order chi connectivity index (χ0) is 38.0. The summed E-state index contributed by atoms with van der Waals surface area (Å²) in [5.41, 5.74) is -2.78. The van der Waals surface area contributed by atoms with Gasteiger partial charge in [0, 0.05) is 49.9 Å². The number of alkyl halides is 1. The molecule has 0 bridgehead atoms. The van der Waals surface area contributed by atoms with E-state index in [0.29, 0.717) is 19.4 Å². The maximum atomic E-state index is 17.0. The first-order valence-corrected chi connectivity index (χ1v) is 18.0. The molecule has 3 aliphatic rings. The van der Waals surface area contributed by atoms with Crippen molar-refractivity contribution in [1.29, 1.82) is 5.26 Å². The van der Waals surface area contributed by atoms with Gasteiger partial charge in [0.15, 0.2) is 5.82 Å². The summed E-state index contributed by atoms with van der Waals surface area (Å²) in [6.07, 6.45) is -0.789. The van der Waals surface area contributed by atoms with Crippen LogP contribution in [0.25, 0.3) is 32.1 Å². The number of carbonyl (C=O) groups is 2. The van der Waals surface area contributed by atoms with Gasteiger partial charge in [0.25, 0.3) is 0 Å². The lowest BCUT2D eigenvalue weighted by Crippen LogP contribution is -2.43. The number of fused-ring (bicyclic) bond motifs is 3. The van der Waals surface area contributed by atoms with Crippen LogP contribution in [-0.4, -0.2) is 100 Å². The van der Waals surface area contributed by atoms with Gasteiger partial charge in [-0.1, -0.05) is 6.07 Å². The van der Waals surface area contributed by atoms with E-state index in [9.17, 15) is 24.3 Å². The molecule has 0 radical (unpaired) electrons. The van der Waals surface area contributed by atoms with Crippen LogP contribution in [0.4, 0.5) is 38.0 Å². The second-order valence-corrected chi connectivity index (χ2v) is 15.8. The smallest absolute Gasteiger partial charge is 0.412 e. The van der Waals surface area contributed by atoms with Crippen LogP contribution < -0.4 is 15.0 Å². The van der Waals surface area contributed by atoms with E-state index < -0.39 is 58.6 Å². The van der Waals surface area contributed by atoms with Gasteiger partial charge in [-0.05, 0) is 64.3 Å². The summed E-state index contributed by atoms with van der Waals surface area (Å²) in [6, 6.07) is 4.52. The van der Waals surface area contributed by atoms with E-state index in [2.05, 4.69) is 15.3 Å². The number of likely N-dealkylation sites (tertiary alicyclic amines) is 1. The molecule has 280 valence electrons. The third kappa shape index (κ3) is 6.63. The summed E-state index contributed by atoms with van der Waals surface area (Å²) in [5.74, 6) is -2.90. The summed E-state index contributed by atoms with van der Waals surface area (Å²) >= 11 is 0.721. The van der Waals surface area contributed by atoms with Crippen LogP contribution >= 0.6 is 11.3 Å². The minimum Gasteiger partial charge on any atom is -0.465 e. The van der Waals surface area contributed by atoms with Crippen LogP contribution in [0.15, 0.2) is 18.2 Å². The van der Waals surface area contributed by atoms with E-state index >= 15 is 13.2 Å². The highest BCUT2D eigenvalue weighted by Gasteiger charge is 2.49. The number of hydrogen-bond donors (Lipinski definition) is 2. The second-order valence-electron chi connectivity index (χ2n) is 14.8. The molecule has 12 nitrogen and oxygen atoms in total. The van der Waals surface area contributed by atoms with Gasteiger partial charge >= 0.3 is 18.2 Å². The molecule has 2 amide bonds. The predicted molar refractivity (Wildman–Crippen MR) is 190 cm³/mol. The number of carbonyl (C=O) groups excluding carboxylic acids is 1. The lowest BCUT2D eigenvalue weighted by atomic mass is 9.95. The first kappa shape index (κ1) is 36.4. The first-order valence-electron chi connectivity index (χ1n) is 17.2. The molecule has 7 rings (SSSR count). The molecule has 1 unspecified atom stereocenters. The molecule has 53 heavy (non-hydrogen) atoms. The number of benzene rings is 2. The first-order chi connectivity index (χ1) is 25.1. The van der Waals surface area contributed by atoms with Gasteiger partial charge < -0.3 is 24.4 Å². The molecule has 17 heteroatoms. The zero-order valence-corrected chi connectivity index (χ0v) is 30.3. The molecule has 0 saturated carbocycles. The number of thiophene rings is 1. The van der Waals surface area contributed by atoms with Crippen molar-refractivity contribution in [3.63, 3.8) is 0 Å². The highest BCUT2D eigenvalue weighted by Crippen LogP contribution is 2.46. The largest absolute Gasteiger partial charge is 0.465 e. The number of anilines is 2. The van der Waals surface area contributed by atoms with Crippen molar-refractivity contribution in [2.75, 3.05) is 50.1 Å². The average molecular weight is 756 g/mol. The molecule has 4 aromatic rings. The molecule has 3 aliphatic heterocycles. The summed E-state index contributed by atoms with van der Waals surface area (Å²) < 4.78 is 74.6. The number of ether oxygens (including phenoxy) is 2. The fraction of sp³-hybridized carbons (Fsp3) is 0.472. The van der Waals surface area contributed by atoms with Gasteiger partial charge in [0.1, 0.15) is 52.4 Å². The van der Waals surface area contributed by atoms with E-state index in [-0.39, 0.29) is 81.6 Å². The Kier molecular flexibility index (Phi) is 9.26. The number of halogens is 4. The van der Waals surface area contributed by atoms with Crippen molar-refractivity contribution < 1.29 is 41.7 Å². The number of nitrogens with zero attached hydrogens (tertiary/aromatic N) is 6. The quantitative estimate of drug-likeness (QED) is 0.185.